The Hall–Kier alpha value is -2.14. The van der Waals surface area contributed by atoms with E-state index in [0.717, 1.165) is 0 Å². The average Bonchev–Trinajstić information content (AvgIpc) is 2.35. The number of carbonyl (C=O) groups is 1. The second-order valence-corrected chi connectivity index (χ2v) is 3.53. The maximum absolute atomic E-state index is 11.1. The molecule has 2 rings (SSSR count). The van der Waals surface area contributed by atoms with Gasteiger partial charge in [0.05, 0.1) is 17.7 Å². The predicted octanol–water partition coefficient (Wildman–Crippen LogP) is 1.34. The minimum atomic E-state index is -0.990. The molecule has 5 heteroatoms. The van der Waals surface area contributed by atoms with Crippen molar-refractivity contribution in [2.45, 2.75) is 0 Å². The Balaban J connectivity index is 2.55. The summed E-state index contributed by atoms with van der Waals surface area (Å²) in [6.07, 6.45) is 0. The number of hydrogen-bond donors (Lipinski definition) is 3. The lowest BCUT2D eigenvalue weighted by Crippen LogP contribution is -2.08. The molecule has 0 aliphatic rings. The van der Waals surface area contributed by atoms with Crippen LogP contribution in [-0.2, 0) is 0 Å². The number of para-hydroxylation sites is 1. The van der Waals surface area contributed by atoms with Crippen LogP contribution in [0.2, 0.25) is 0 Å². The van der Waals surface area contributed by atoms with Gasteiger partial charge in [0.1, 0.15) is 5.82 Å². The van der Waals surface area contributed by atoms with Crippen LogP contribution in [0.3, 0.4) is 0 Å². The molecule has 0 aliphatic carbocycles. The smallest absolute Gasteiger partial charge is 0.336 e. The van der Waals surface area contributed by atoms with Gasteiger partial charge < -0.3 is 15.5 Å². The molecule has 5 nitrogen and oxygen atoms in total. The van der Waals surface area contributed by atoms with Gasteiger partial charge >= 0.3 is 5.97 Å². The Morgan fingerprint density at radius 3 is 2.82 bits per heavy atom. The SMILES string of the molecule is O=C(O)c1cc(NCCO)nc2ccccc12. The first-order valence-corrected chi connectivity index (χ1v) is 5.20. The van der Waals surface area contributed by atoms with Crippen molar-refractivity contribution >= 4 is 22.7 Å². The van der Waals surface area contributed by atoms with E-state index in [-0.39, 0.29) is 12.2 Å². The van der Waals surface area contributed by atoms with Gasteiger partial charge in [0, 0.05) is 11.9 Å². The molecule has 0 unspecified atom stereocenters. The average molecular weight is 232 g/mol. The zero-order valence-corrected chi connectivity index (χ0v) is 9.05. The number of pyridine rings is 1. The number of aliphatic hydroxyl groups is 1. The van der Waals surface area contributed by atoms with Crippen LogP contribution in [0.1, 0.15) is 10.4 Å². The lowest BCUT2D eigenvalue weighted by atomic mass is 10.1. The summed E-state index contributed by atoms with van der Waals surface area (Å²) in [6.45, 7) is 0.307. The van der Waals surface area contributed by atoms with Crippen molar-refractivity contribution in [2.75, 3.05) is 18.5 Å². The summed E-state index contributed by atoms with van der Waals surface area (Å²) in [5, 5.41) is 21.3. The number of nitrogens with one attached hydrogen (secondary N) is 1. The van der Waals surface area contributed by atoms with Crippen molar-refractivity contribution in [1.29, 1.82) is 0 Å². The lowest BCUT2D eigenvalue weighted by molar-refractivity contribution is 0.0699. The van der Waals surface area contributed by atoms with Gasteiger partial charge in [0.15, 0.2) is 0 Å². The van der Waals surface area contributed by atoms with E-state index in [1.807, 2.05) is 0 Å². The molecule has 1 aromatic carbocycles. The third-order valence-corrected chi connectivity index (χ3v) is 2.36. The molecule has 17 heavy (non-hydrogen) atoms. The fourth-order valence-corrected chi connectivity index (χ4v) is 1.63. The molecule has 0 saturated heterocycles. The summed E-state index contributed by atoms with van der Waals surface area (Å²) >= 11 is 0. The van der Waals surface area contributed by atoms with Crippen molar-refractivity contribution in [1.82, 2.24) is 4.98 Å². The normalized spacial score (nSPS) is 10.4. The Labute approximate surface area is 97.7 Å². The van der Waals surface area contributed by atoms with Crippen LogP contribution in [0.25, 0.3) is 10.9 Å². The topological polar surface area (TPSA) is 82.5 Å². The highest BCUT2D eigenvalue weighted by Gasteiger charge is 2.10. The van der Waals surface area contributed by atoms with E-state index in [2.05, 4.69) is 10.3 Å². The van der Waals surface area contributed by atoms with Gasteiger partial charge in [-0.05, 0) is 12.1 Å². The number of hydrogen-bond acceptors (Lipinski definition) is 4. The van der Waals surface area contributed by atoms with E-state index in [0.29, 0.717) is 23.3 Å². The highest BCUT2D eigenvalue weighted by Crippen LogP contribution is 2.20. The molecule has 88 valence electrons. The zero-order valence-electron chi connectivity index (χ0n) is 9.05. The predicted molar refractivity (Wildman–Crippen MR) is 64.3 cm³/mol. The third kappa shape index (κ3) is 2.34. The van der Waals surface area contributed by atoms with Crippen molar-refractivity contribution in [3.63, 3.8) is 0 Å². The van der Waals surface area contributed by atoms with E-state index in [1.54, 1.807) is 24.3 Å². The molecule has 0 atom stereocenters. The molecular weight excluding hydrogens is 220 g/mol. The van der Waals surface area contributed by atoms with E-state index in [1.165, 1.54) is 6.07 Å². The number of carboxylic acids is 1. The maximum Gasteiger partial charge on any atom is 0.336 e. The number of benzene rings is 1. The Bertz CT molecular complexity index is 554. The van der Waals surface area contributed by atoms with Gasteiger partial charge in [-0.2, -0.15) is 0 Å². The molecule has 1 heterocycles. The minimum Gasteiger partial charge on any atom is -0.478 e. The first-order valence-electron chi connectivity index (χ1n) is 5.20. The van der Waals surface area contributed by atoms with Crippen LogP contribution in [-0.4, -0.2) is 34.3 Å². The minimum absolute atomic E-state index is 0.0308. The van der Waals surface area contributed by atoms with Gasteiger partial charge in [-0.3, -0.25) is 0 Å². The standard InChI is InChI=1S/C12H12N2O3/c15-6-5-13-11-7-9(12(16)17)8-3-1-2-4-10(8)14-11/h1-4,7,15H,5-6H2,(H,13,14)(H,16,17). The lowest BCUT2D eigenvalue weighted by Gasteiger charge is -2.07. The van der Waals surface area contributed by atoms with Crippen LogP contribution in [0, 0.1) is 0 Å². The van der Waals surface area contributed by atoms with Crippen LogP contribution in [0.5, 0.6) is 0 Å². The number of fused-ring (bicyclic) bond motifs is 1. The summed E-state index contributed by atoms with van der Waals surface area (Å²) in [5.74, 6) is -0.536. The Morgan fingerprint density at radius 2 is 2.12 bits per heavy atom. The first-order chi connectivity index (χ1) is 8.22. The van der Waals surface area contributed by atoms with Gasteiger partial charge in [0.25, 0.3) is 0 Å². The number of nitrogens with zero attached hydrogens (tertiary/aromatic N) is 1. The quantitative estimate of drug-likeness (QED) is 0.741. The van der Waals surface area contributed by atoms with Crippen molar-refractivity contribution < 1.29 is 15.0 Å². The highest BCUT2D eigenvalue weighted by atomic mass is 16.4. The Morgan fingerprint density at radius 1 is 1.35 bits per heavy atom. The molecule has 0 spiro atoms. The number of aromatic nitrogens is 1. The summed E-state index contributed by atoms with van der Waals surface area (Å²) < 4.78 is 0. The van der Waals surface area contributed by atoms with Crippen LogP contribution in [0.15, 0.2) is 30.3 Å². The molecule has 0 bridgehead atoms. The summed E-state index contributed by atoms with van der Waals surface area (Å²) in [5.41, 5.74) is 0.823. The molecule has 0 amide bonds. The number of aromatic carboxylic acids is 1. The summed E-state index contributed by atoms with van der Waals surface area (Å²) in [7, 11) is 0. The van der Waals surface area contributed by atoms with Crippen LogP contribution >= 0.6 is 0 Å². The molecule has 3 N–H and O–H groups in total. The number of rotatable bonds is 4. The van der Waals surface area contributed by atoms with Gasteiger partial charge in [0.2, 0.25) is 0 Å². The largest absolute Gasteiger partial charge is 0.478 e. The van der Waals surface area contributed by atoms with E-state index < -0.39 is 5.97 Å². The third-order valence-electron chi connectivity index (χ3n) is 2.36. The molecule has 1 aromatic heterocycles. The molecule has 0 fully saturated rings. The van der Waals surface area contributed by atoms with E-state index >= 15 is 0 Å². The molecular formula is C12H12N2O3. The molecule has 0 saturated carbocycles. The van der Waals surface area contributed by atoms with E-state index in [4.69, 9.17) is 10.2 Å². The molecule has 0 aliphatic heterocycles. The second-order valence-electron chi connectivity index (χ2n) is 3.53. The highest BCUT2D eigenvalue weighted by molar-refractivity contribution is 6.03. The van der Waals surface area contributed by atoms with Crippen molar-refractivity contribution in [2.24, 2.45) is 0 Å². The number of carboxylic acid groups (broad SMARTS) is 1. The fraction of sp³-hybridized carbons (Fsp3) is 0.167. The monoisotopic (exact) mass is 232 g/mol. The molecule has 0 radical (unpaired) electrons. The molecule has 2 aromatic rings. The fourth-order valence-electron chi connectivity index (χ4n) is 1.63. The summed E-state index contributed by atoms with van der Waals surface area (Å²) in [6, 6.07) is 8.53. The van der Waals surface area contributed by atoms with Crippen molar-refractivity contribution in [3.05, 3.63) is 35.9 Å². The van der Waals surface area contributed by atoms with Gasteiger partial charge in [-0.1, -0.05) is 18.2 Å². The van der Waals surface area contributed by atoms with E-state index in [9.17, 15) is 4.79 Å². The second kappa shape index (κ2) is 4.80. The van der Waals surface area contributed by atoms with Crippen LogP contribution in [0.4, 0.5) is 5.82 Å². The maximum atomic E-state index is 11.1. The summed E-state index contributed by atoms with van der Waals surface area (Å²) in [4.78, 5) is 15.4. The Kier molecular flexibility index (Phi) is 3.20. The number of aliphatic hydroxyl groups excluding tert-OH is 1. The zero-order chi connectivity index (χ0) is 12.3. The number of anilines is 1. The van der Waals surface area contributed by atoms with Crippen molar-refractivity contribution in [3.8, 4) is 0 Å². The first kappa shape index (κ1) is 11.3. The van der Waals surface area contributed by atoms with Crippen LogP contribution < -0.4 is 5.32 Å². The van der Waals surface area contributed by atoms with Gasteiger partial charge in [-0.15, -0.1) is 0 Å². The van der Waals surface area contributed by atoms with Gasteiger partial charge in [-0.25, -0.2) is 9.78 Å².